The summed E-state index contributed by atoms with van der Waals surface area (Å²) in [5, 5.41) is 15.5. The molecule has 0 atom stereocenters. The first-order valence-electron chi connectivity index (χ1n) is 7.24. The Morgan fingerprint density at radius 2 is 2.00 bits per heavy atom. The average molecular weight is 310 g/mol. The summed E-state index contributed by atoms with van der Waals surface area (Å²) >= 11 is 0. The van der Waals surface area contributed by atoms with E-state index in [0.717, 1.165) is 11.1 Å². The fourth-order valence-electron chi connectivity index (χ4n) is 2.15. The molecular formula is C17H18N4O2. The summed E-state index contributed by atoms with van der Waals surface area (Å²) in [6, 6.07) is 7.47. The largest absolute Gasteiger partial charge is 0.310 e. The molecule has 118 valence electrons. The number of ketones is 1. The van der Waals surface area contributed by atoms with Crippen LogP contribution >= 0.6 is 0 Å². The van der Waals surface area contributed by atoms with Gasteiger partial charge in [-0.25, -0.2) is 0 Å². The molecule has 1 amide bonds. The van der Waals surface area contributed by atoms with Gasteiger partial charge in [-0.15, -0.1) is 0 Å². The molecule has 1 N–H and O–H groups in total. The maximum absolute atomic E-state index is 12.2. The van der Waals surface area contributed by atoms with Gasteiger partial charge in [-0.2, -0.15) is 10.4 Å². The van der Waals surface area contributed by atoms with Crippen LogP contribution in [-0.4, -0.2) is 21.5 Å². The molecule has 0 aliphatic carbocycles. The van der Waals surface area contributed by atoms with Gasteiger partial charge >= 0.3 is 0 Å². The third-order valence-electron chi connectivity index (χ3n) is 3.73. The zero-order valence-electron chi connectivity index (χ0n) is 13.4. The van der Waals surface area contributed by atoms with Crippen LogP contribution in [0.2, 0.25) is 0 Å². The zero-order chi connectivity index (χ0) is 17.0. The lowest BCUT2D eigenvalue weighted by atomic mass is 10.0. The number of benzene rings is 1. The lowest BCUT2D eigenvalue weighted by Crippen LogP contribution is -2.16. The van der Waals surface area contributed by atoms with Gasteiger partial charge in [0.2, 0.25) is 5.91 Å². The molecule has 1 heterocycles. The summed E-state index contributed by atoms with van der Waals surface area (Å²) in [6.45, 7) is 3.93. The lowest BCUT2D eigenvalue weighted by Gasteiger charge is -2.07. The monoisotopic (exact) mass is 310 g/mol. The number of amides is 1. The topological polar surface area (TPSA) is 87.8 Å². The highest BCUT2D eigenvalue weighted by molar-refractivity contribution is 6.00. The van der Waals surface area contributed by atoms with Crippen LogP contribution in [0.15, 0.2) is 24.4 Å². The second-order valence-electron chi connectivity index (χ2n) is 5.41. The number of Topliss-reactive ketones (excluding diaryl/α,β-unsaturated/α-hetero) is 1. The molecule has 6 heteroatoms. The quantitative estimate of drug-likeness (QED) is 0.859. The van der Waals surface area contributed by atoms with Gasteiger partial charge in [0, 0.05) is 25.5 Å². The molecule has 0 spiro atoms. The second-order valence-corrected chi connectivity index (χ2v) is 5.41. The van der Waals surface area contributed by atoms with Gasteiger partial charge in [-0.05, 0) is 31.0 Å². The van der Waals surface area contributed by atoms with Crippen molar-refractivity contribution in [2.45, 2.75) is 26.7 Å². The van der Waals surface area contributed by atoms with Crippen molar-refractivity contribution in [3.05, 3.63) is 46.6 Å². The van der Waals surface area contributed by atoms with E-state index in [4.69, 9.17) is 5.26 Å². The summed E-state index contributed by atoms with van der Waals surface area (Å²) in [6.07, 6.45) is 1.56. The Labute approximate surface area is 134 Å². The van der Waals surface area contributed by atoms with E-state index in [2.05, 4.69) is 10.4 Å². The molecule has 0 fully saturated rings. The van der Waals surface area contributed by atoms with Gasteiger partial charge in [-0.3, -0.25) is 14.3 Å². The molecule has 0 aliphatic rings. The third kappa shape index (κ3) is 3.83. The van der Waals surface area contributed by atoms with Crippen LogP contribution in [0, 0.1) is 25.2 Å². The Kier molecular flexibility index (Phi) is 4.91. The zero-order valence-corrected chi connectivity index (χ0v) is 13.4. The highest BCUT2D eigenvalue weighted by Crippen LogP contribution is 2.15. The maximum Gasteiger partial charge on any atom is 0.226 e. The molecule has 23 heavy (non-hydrogen) atoms. The minimum absolute atomic E-state index is 0.0573. The Morgan fingerprint density at radius 1 is 1.26 bits per heavy atom. The van der Waals surface area contributed by atoms with E-state index in [9.17, 15) is 9.59 Å². The number of carbonyl (C=O) groups excluding carboxylic acids is 2. The van der Waals surface area contributed by atoms with Crippen LogP contribution in [0.25, 0.3) is 0 Å². The number of nitrogens with zero attached hydrogens (tertiary/aromatic N) is 3. The number of aryl methyl sites for hydroxylation is 3. The molecule has 0 saturated carbocycles. The molecule has 0 bridgehead atoms. The van der Waals surface area contributed by atoms with Crippen LogP contribution in [-0.2, 0) is 11.8 Å². The highest BCUT2D eigenvalue weighted by Gasteiger charge is 2.14. The summed E-state index contributed by atoms with van der Waals surface area (Å²) in [5.74, 6) is -0.0489. The number of nitriles is 1. The molecule has 0 saturated heterocycles. The molecule has 2 rings (SSSR count). The normalized spacial score (nSPS) is 10.2. The number of hydrogen-bond donors (Lipinski definition) is 1. The minimum Gasteiger partial charge on any atom is -0.310 e. The van der Waals surface area contributed by atoms with Crippen LogP contribution < -0.4 is 5.32 Å². The number of nitrogens with one attached hydrogen (secondary N) is 1. The highest BCUT2D eigenvalue weighted by atomic mass is 16.2. The summed E-state index contributed by atoms with van der Waals surface area (Å²) < 4.78 is 1.42. The van der Waals surface area contributed by atoms with Gasteiger partial charge in [0.1, 0.15) is 17.5 Å². The Balaban J connectivity index is 1.96. The Hall–Kier alpha value is -2.94. The van der Waals surface area contributed by atoms with Gasteiger partial charge < -0.3 is 5.32 Å². The van der Waals surface area contributed by atoms with Crippen molar-refractivity contribution in [3.63, 3.8) is 0 Å². The van der Waals surface area contributed by atoms with Gasteiger partial charge in [0.05, 0.1) is 6.20 Å². The van der Waals surface area contributed by atoms with Gasteiger partial charge in [0.25, 0.3) is 0 Å². The van der Waals surface area contributed by atoms with Crippen molar-refractivity contribution < 1.29 is 9.59 Å². The molecule has 2 aromatic rings. The van der Waals surface area contributed by atoms with Crippen LogP contribution in [0.1, 0.15) is 39.9 Å². The minimum atomic E-state index is -0.317. The van der Waals surface area contributed by atoms with Crippen molar-refractivity contribution in [3.8, 4) is 6.07 Å². The van der Waals surface area contributed by atoms with Crippen molar-refractivity contribution in [2.24, 2.45) is 7.05 Å². The molecule has 1 aromatic heterocycles. The van der Waals surface area contributed by atoms with E-state index in [1.807, 2.05) is 32.0 Å². The molecule has 0 radical (unpaired) electrons. The molecule has 0 aliphatic heterocycles. The lowest BCUT2D eigenvalue weighted by molar-refractivity contribution is -0.116. The first-order valence-corrected chi connectivity index (χ1v) is 7.24. The smallest absolute Gasteiger partial charge is 0.226 e. The Bertz CT molecular complexity index is 799. The standard InChI is InChI=1S/C17H18N4O2/c1-11-4-5-13(8-12(11)2)15(22)6-7-16(23)20-17-14(9-18)10-19-21(17)3/h4-5,8,10H,6-7H2,1-3H3,(H,20,23). The van der Waals surface area contributed by atoms with Crippen molar-refractivity contribution in [1.82, 2.24) is 9.78 Å². The van der Waals surface area contributed by atoms with Gasteiger partial charge in [0.15, 0.2) is 5.78 Å². The van der Waals surface area contributed by atoms with Crippen LogP contribution in [0.5, 0.6) is 0 Å². The number of rotatable bonds is 5. The predicted molar refractivity (Wildman–Crippen MR) is 86.0 cm³/mol. The number of carbonyl (C=O) groups is 2. The Morgan fingerprint density at radius 3 is 2.65 bits per heavy atom. The van der Waals surface area contributed by atoms with Crippen molar-refractivity contribution >= 4 is 17.5 Å². The van der Waals surface area contributed by atoms with Crippen molar-refractivity contribution in [2.75, 3.05) is 5.32 Å². The number of aromatic nitrogens is 2. The summed E-state index contributed by atoms with van der Waals surface area (Å²) in [7, 11) is 1.64. The first-order chi connectivity index (χ1) is 10.9. The van der Waals surface area contributed by atoms with Crippen LogP contribution in [0.4, 0.5) is 5.82 Å². The first kappa shape index (κ1) is 16.4. The van der Waals surface area contributed by atoms with E-state index in [-0.39, 0.29) is 24.5 Å². The van der Waals surface area contributed by atoms with E-state index < -0.39 is 0 Å². The fraction of sp³-hybridized carbons (Fsp3) is 0.294. The molecule has 0 unspecified atom stereocenters. The van der Waals surface area contributed by atoms with Crippen molar-refractivity contribution in [1.29, 1.82) is 5.26 Å². The van der Waals surface area contributed by atoms with Gasteiger partial charge in [-0.1, -0.05) is 12.1 Å². The number of hydrogen-bond acceptors (Lipinski definition) is 4. The van der Waals surface area contributed by atoms with E-state index in [1.165, 1.54) is 10.9 Å². The predicted octanol–water partition coefficient (Wildman–Crippen LogP) is 2.51. The molecule has 1 aromatic carbocycles. The SMILES string of the molecule is Cc1ccc(C(=O)CCC(=O)Nc2c(C#N)cnn2C)cc1C. The summed E-state index contributed by atoms with van der Waals surface area (Å²) in [4.78, 5) is 24.1. The molecule has 6 nitrogen and oxygen atoms in total. The second kappa shape index (κ2) is 6.88. The maximum atomic E-state index is 12.2. The van der Waals surface area contributed by atoms with E-state index >= 15 is 0 Å². The number of anilines is 1. The summed E-state index contributed by atoms with van der Waals surface area (Å²) in [5.41, 5.74) is 3.08. The van der Waals surface area contributed by atoms with E-state index in [0.29, 0.717) is 16.9 Å². The average Bonchev–Trinajstić information content (AvgIpc) is 2.88. The molecular weight excluding hydrogens is 292 g/mol. The van der Waals surface area contributed by atoms with Crippen LogP contribution in [0.3, 0.4) is 0 Å². The van der Waals surface area contributed by atoms with E-state index in [1.54, 1.807) is 13.1 Å². The fourth-order valence-corrected chi connectivity index (χ4v) is 2.15. The third-order valence-corrected chi connectivity index (χ3v) is 3.73.